The molecule has 3 atom stereocenters. The molecule has 0 spiro atoms. The third-order valence-corrected chi connectivity index (χ3v) is 5.19. The highest BCUT2D eigenvalue weighted by Gasteiger charge is 2.39. The van der Waals surface area contributed by atoms with Crippen molar-refractivity contribution >= 4 is 11.8 Å². The highest BCUT2D eigenvalue weighted by Crippen LogP contribution is 2.29. The van der Waals surface area contributed by atoms with Crippen molar-refractivity contribution in [3.05, 3.63) is 35.9 Å². The molecule has 0 saturated carbocycles. The summed E-state index contributed by atoms with van der Waals surface area (Å²) in [7, 11) is 1.87. The Morgan fingerprint density at radius 3 is 2.74 bits per heavy atom. The molecule has 23 heavy (non-hydrogen) atoms. The van der Waals surface area contributed by atoms with Gasteiger partial charge in [0.05, 0.1) is 12.0 Å². The second kappa shape index (κ2) is 6.71. The highest BCUT2D eigenvalue weighted by atomic mass is 16.2. The van der Waals surface area contributed by atoms with Crippen molar-refractivity contribution in [2.24, 2.45) is 5.92 Å². The van der Waals surface area contributed by atoms with Gasteiger partial charge in [0, 0.05) is 32.6 Å². The van der Waals surface area contributed by atoms with E-state index in [1.165, 1.54) is 0 Å². The molecule has 3 unspecified atom stereocenters. The quantitative estimate of drug-likeness (QED) is 0.914. The summed E-state index contributed by atoms with van der Waals surface area (Å²) in [5.74, 6) is -0.0216. The normalized spacial score (nSPS) is 25.7. The molecule has 0 aliphatic carbocycles. The fourth-order valence-electron chi connectivity index (χ4n) is 3.62. The largest absolute Gasteiger partial charge is 0.341 e. The molecule has 0 aromatic heterocycles. The first kappa shape index (κ1) is 16.0. The topological polar surface area (TPSA) is 52.7 Å². The standard InChI is InChI=1S/C18H25N3O2/c1-13(14-6-4-3-5-7-14)21-12-15(10-17(21)22)18(23)20(2)16-8-9-19-11-16/h3-7,13,15-16,19H,8-12H2,1-2H3. The van der Waals surface area contributed by atoms with Gasteiger partial charge in [0.1, 0.15) is 0 Å². The number of carbonyl (C=O) groups excluding carboxylic acids is 2. The number of rotatable bonds is 4. The van der Waals surface area contributed by atoms with Crippen LogP contribution in [-0.2, 0) is 9.59 Å². The van der Waals surface area contributed by atoms with Crippen LogP contribution in [0, 0.1) is 5.92 Å². The van der Waals surface area contributed by atoms with Crippen molar-refractivity contribution in [2.45, 2.75) is 31.8 Å². The summed E-state index contributed by atoms with van der Waals surface area (Å²) in [6.07, 6.45) is 1.33. The summed E-state index contributed by atoms with van der Waals surface area (Å²) in [6.45, 7) is 4.37. The van der Waals surface area contributed by atoms with E-state index in [1.807, 2.05) is 54.1 Å². The smallest absolute Gasteiger partial charge is 0.228 e. The molecule has 1 aromatic rings. The van der Waals surface area contributed by atoms with E-state index in [0.717, 1.165) is 25.1 Å². The number of likely N-dealkylation sites (tertiary alicyclic amines) is 1. The van der Waals surface area contributed by atoms with Crippen LogP contribution >= 0.6 is 0 Å². The molecule has 5 nitrogen and oxygen atoms in total. The minimum absolute atomic E-state index is 0.0138. The third kappa shape index (κ3) is 3.24. The molecule has 2 amide bonds. The van der Waals surface area contributed by atoms with Gasteiger partial charge in [-0.15, -0.1) is 0 Å². The van der Waals surface area contributed by atoms with E-state index < -0.39 is 0 Å². The predicted molar refractivity (Wildman–Crippen MR) is 88.7 cm³/mol. The Labute approximate surface area is 137 Å². The van der Waals surface area contributed by atoms with Gasteiger partial charge in [0.15, 0.2) is 0 Å². The molecule has 2 saturated heterocycles. The average Bonchev–Trinajstić information content (AvgIpc) is 3.23. The number of nitrogens with zero attached hydrogens (tertiary/aromatic N) is 2. The van der Waals surface area contributed by atoms with Gasteiger partial charge in [-0.1, -0.05) is 30.3 Å². The van der Waals surface area contributed by atoms with E-state index >= 15 is 0 Å². The molecule has 2 aliphatic rings. The van der Waals surface area contributed by atoms with Gasteiger partial charge in [-0.05, 0) is 25.5 Å². The zero-order valence-electron chi connectivity index (χ0n) is 13.9. The van der Waals surface area contributed by atoms with Gasteiger partial charge in [-0.3, -0.25) is 9.59 Å². The second-order valence-corrected chi connectivity index (χ2v) is 6.63. The molecule has 3 rings (SSSR count). The van der Waals surface area contributed by atoms with Crippen molar-refractivity contribution in [2.75, 3.05) is 26.7 Å². The Morgan fingerprint density at radius 1 is 1.35 bits per heavy atom. The van der Waals surface area contributed by atoms with Crippen molar-refractivity contribution in [3.63, 3.8) is 0 Å². The lowest BCUT2D eigenvalue weighted by Gasteiger charge is -2.28. The number of nitrogens with one attached hydrogen (secondary N) is 1. The maximum Gasteiger partial charge on any atom is 0.228 e. The van der Waals surface area contributed by atoms with Crippen LogP contribution in [0.3, 0.4) is 0 Å². The molecule has 2 heterocycles. The number of likely N-dealkylation sites (N-methyl/N-ethyl adjacent to an activating group) is 1. The summed E-state index contributed by atoms with van der Waals surface area (Å²) >= 11 is 0. The molecule has 1 N–H and O–H groups in total. The number of hydrogen-bond acceptors (Lipinski definition) is 3. The number of benzene rings is 1. The molecule has 0 radical (unpaired) electrons. The Bertz CT molecular complexity index is 569. The maximum atomic E-state index is 12.7. The van der Waals surface area contributed by atoms with Gasteiger partial charge >= 0.3 is 0 Å². The molecule has 0 bridgehead atoms. The first-order chi connectivity index (χ1) is 11.1. The summed E-state index contributed by atoms with van der Waals surface area (Å²) in [4.78, 5) is 28.8. The Hall–Kier alpha value is -1.88. The number of carbonyl (C=O) groups is 2. The van der Waals surface area contributed by atoms with Crippen molar-refractivity contribution < 1.29 is 9.59 Å². The van der Waals surface area contributed by atoms with Crippen LogP contribution in [0.1, 0.15) is 31.4 Å². The van der Waals surface area contributed by atoms with E-state index in [9.17, 15) is 9.59 Å². The van der Waals surface area contributed by atoms with Crippen molar-refractivity contribution in [1.29, 1.82) is 0 Å². The predicted octanol–water partition coefficient (Wildman–Crippen LogP) is 1.42. The van der Waals surface area contributed by atoms with Gasteiger partial charge in [-0.25, -0.2) is 0 Å². The van der Waals surface area contributed by atoms with Crippen LogP contribution in [0.25, 0.3) is 0 Å². The lowest BCUT2D eigenvalue weighted by Crippen LogP contribution is -2.42. The van der Waals surface area contributed by atoms with E-state index in [4.69, 9.17) is 0 Å². The minimum atomic E-state index is -0.209. The van der Waals surface area contributed by atoms with E-state index in [2.05, 4.69) is 5.32 Å². The Kier molecular flexibility index (Phi) is 4.66. The van der Waals surface area contributed by atoms with E-state index in [1.54, 1.807) is 0 Å². The van der Waals surface area contributed by atoms with E-state index in [0.29, 0.717) is 13.0 Å². The van der Waals surface area contributed by atoms with Gasteiger partial charge < -0.3 is 15.1 Å². The van der Waals surface area contributed by atoms with Crippen LogP contribution in [0.15, 0.2) is 30.3 Å². The van der Waals surface area contributed by atoms with Gasteiger partial charge in [0.2, 0.25) is 11.8 Å². The van der Waals surface area contributed by atoms with Crippen LogP contribution < -0.4 is 5.32 Å². The third-order valence-electron chi connectivity index (χ3n) is 5.19. The molecule has 124 valence electrons. The molecular formula is C18H25N3O2. The summed E-state index contributed by atoms with van der Waals surface area (Å²) in [5.41, 5.74) is 1.11. The van der Waals surface area contributed by atoms with Gasteiger partial charge in [0.25, 0.3) is 0 Å². The fraction of sp³-hybridized carbons (Fsp3) is 0.556. The molecule has 2 fully saturated rings. The highest BCUT2D eigenvalue weighted by molar-refractivity contribution is 5.89. The SMILES string of the molecule is CC(c1ccccc1)N1CC(C(=O)N(C)C2CCNC2)CC1=O. The molecule has 5 heteroatoms. The maximum absolute atomic E-state index is 12.7. The zero-order chi connectivity index (χ0) is 16.4. The summed E-state index contributed by atoms with van der Waals surface area (Å²) in [5, 5.41) is 3.28. The summed E-state index contributed by atoms with van der Waals surface area (Å²) in [6, 6.07) is 10.3. The molecule has 2 aliphatic heterocycles. The van der Waals surface area contributed by atoms with Crippen LogP contribution in [0.4, 0.5) is 0 Å². The number of hydrogen-bond donors (Lipinski definition) is 1. The first-order valence-corrected chi connectivity index (χ1v) is 8.39. The Balaban J connectivity index is 1.66. The van der Waals surface area contributed by atoms with Gasteiger partial charge in [-0.2, -0.15) is 0 Å². The summed E-state index contributed by atoms with van der Waals surface area (Å²) < 4.78 is 0. The minimum Gasteiger partial charge on any atom is -0.341 e. The molecular weight excluding hydrogens is 290 g/mol. The number of amides is 2. The molecule has 1 aromatic carbocycles. The lowest BCUT2D eigenvalue weighted by molar-refractivity contribution is -0.136. The lowest BCUT2D eigenvalue weighted by atomic mass is 10.1. The van der Waals surface area contributed by atoms with Crippen LogP contribution in [0.2, 0.25) is 0 Å². The van der Waals surface area contributed by atoms with Crippen molar-refractivity contribution in [3.8, 4) is 0 Å². The van der Waals surface area contributed by atoms with E-state index in [-0.39, 0.29) is 29.8 Å². The average molecular weight is 315 g/mol. The Morgan fingerprint density at radius 2 is 2.09 bits per heavy atom. The zero-order valence-corrected chi connectivity index (χ0v) is 13.9. The van der Waals surface area contributed by atoms with Crippen LogP contribution in [0.5, 0.6) is 0 Å². The van der Waals surface area contributed by atoms with Crippen LogP contribution in [-0.4, -0.2) is 54.3 Å². The second-order valence-electron chi connectivity index (χ2n) is 6.63. The monoisotopic (exact) mass is 315 g/mol. The van der Waals surface area contributed by atoms with Crippen molar-refractivity contribution in [1.82, 2.24) is 15.1 Å². The first-order valence-electron chi connectivity index (χ1n) is 8.39. The fourth-order valence-corrected chi connectivity index (χ4v) is 3.62.